The molecule has 0 unspecified atom stereocenters. The fourth-order valence-electron chi connectivity index (χ4n) is 13.6. The van der Waals surface area contributed by atoms with Crippen molar-refractivity contribution in [2.24, 2.45) is 0 Å². The summed E-state index contributed by atoms with van der Waals surface area (Å²) in [6, 6.07) is 94.2. The maximum atomic E-state index is 16.0. The first-order valence-electron chi connectivity index (χ1n) is 29.6. The third-order valence-corrected chi connectivity index (χ3v) is 17.8. The molecule has 0 atom stereocenters. The number of para-hydroxylation sites is 4. The lowest BCUT2D eigenvalue weighted by molar-refractivity contribution is -0.288. The maximum Gasteiger partial charge on any atom is 0.411 e. The largest absolute Gasteiger partial charge is 0.411 e. The van der Waals surface area contributed by atoms with Crippen LogP contribution in [0.25, 0.3) is 138 Å². The van der Waals surface area contributed by atoms with Gasteiger partial charge in [0, 0.05) is 60.5 Å². The third-order valence-electron chi connectivity index (χ3n) is 17.8. The van der Waals surface area contributed by atoms with Gasteiger partial charge in [-0.2, -0.15) is 26.3 Å². The summed E-state index contributed by atoms with van der Waals surface area (Å²) >= 11 is 0. The van der Waals surface area contributed by atoms with Crippen LogP contribution in [0.5, 0.6) is 0 Å². The Morgan fingerprint density at radius 3 is 0.878 bits per heavy atom. The highest BCUT2D eigenvalue weighted by molar-refractivity contribution is 6.14. The minimum absolute atomic E-state index is 0.388. The normalized spacial score (nSPS) is 12.3. The Balaban J connectivity index is 0.838. The lowest BCUT2D eigenvalue weighted by atomic mass is 9.72. The molecular weight excluding hydrogens is 1130 g/mol. The van der Waals surface area contributed by atoms with E-state index in [1.807, 2.05) is 150 Å². The molecule has 0 saturated heterocycles. The molecule has 0 bridgehead atoms. The molecule has 0 radical (unpaired) electrons. The van der Waals surface area contributed by atoms with Gasteiger partial charge in [0.1, 0.15) is 0 Å². The number of benzene rings is 12. The van der Waals surface area contributed by atoms with Gasteiger partial charge in [0.05, 0.1) is 44.5 Å². The van der Waals surface area contributed by atoms with Crippen LogP contribution < -0.4 is 0 Å². The molecule has 0 aliphatic heterocycles. The van der Waals surface area contributed by atoms with Crippen LogP contribution in [0.1, 0.15) is 11.1 Å². The molecule has 0 spiro atoms. The molecular formula is C80H50F6N4. The first kappa shape index (κ1) is 54.2. The van der Waals surface area contributed by atoms with Gasteiger partial charge in [-0.1, -0.05) is 194 Å². The first-order chi connectivity index (χ1) is 43.9. The van der Waals surface area contributed by atoms with Crippen LogP contribution in [0.3, 0.4) is 0 Å². The molecule has 16 aromatic rings. The Hall–Kier alpha value is -11.2. The highest BCUT2D eigenvalue weighted by Crippen LogP contribution is 2.57. The zero-order chi connectivity index (χ0) is 60.9. The molecule has 0 aliphatic rings. The second-order valence-corrected chi connectivity index (χ2v) is 22.9. The molecule has 0 fully saturated rings. The molecule has 90 heavy (non-hydrogen) atoms. The molecule has 12 aromatic carbocycles. The summed E-state index contributed by atoms with van der Waals surface area (Å²) in [6.07, 6.45) is -11.6. The molecule has 0 amide bonds. The van der Waals surface area contributed by atoms with Crippen LogP contribution in [-0.4, -0.2) is 31.0 Å². The summed E-state index contributed by atoms with van der Waals surface area (Å²) in [5, 5.41) is 6.06. The zero-order valence-electron chi connectivity index (χ0n) is 47.9. The average molecular weight is 1180 g/mol. The van der Waals surface area contributed by atoms with Gasteiger partial charge in [-0.05, 0) is 154 Å². The molecule has 0 N–H and O–H groups in total. The van der Waals surface area contributed by atoms with Gasteiger partial charge in [0.15, 0.2) is 0 Å². The summed E-state index contributed by atoms with van der Waals surface area (Å²) in [5.74, 6) is 0. The number of alkyl halides is 6. The number of halogens is 6. The van der Waals surface area contributed by atoms with Crippen LogP contribution in [0.4, 0.5) is 26.3 Å². The van der Waals surface area contributed by atoms with Crippen molar-refractivity contribution in [2.75, 3.05) is 0 Å². The minimum Gasteiger partial charge on any atom is -0.309 e. The van der Waals surface area contributed by atoms with Crippen molar-refractivity contribution in [3.05, 3.63) is 314 Å². The second kappa shape index (κ2) is 21.0. The number of hydrogen-bond donors (Lipinski definition) is 0. The van der Waals surface area contributed by atoms with E-state index in [1.165, 1.54) is 24.3 Å². The highest BCUT2D eigenvalue weighted by Gasteiger charge is 2.72. The van der Waals surface area contributed by atoms with Crippen LogP contribution in [0.2, 0.25) is 0 Å². The monoisotopic (exact) mass is 1180 g/mol. The number of fused-ring (bicyclic) bond motifs is 9. The number of nitrogens with zero attached hydrogens (tertiary/aromatic N) is 4. The summed E-state index contributed by atoms with van der Waals surface area (Å²) in [7, 11) is 0. The predicted molar refractivity (Wildman–Crippen MR) is 354 cm³/mol. The Morgan fingerprint density at radius 2 is 0.511 bits per heavy atom. The van der Waals surface area contributed by atoms with Gasteiger partial charge in [-0.3, -0.25) is 0 Å². The van der Waals surface area contributed by atoms with Crippen molar-refractivity contribution in [1.82, 2.24) is 18.7 Å². The third kappa shape index (κ3) is 8.72. The zero-order valence-corrected chi connectivity index (χ0v) is 47.9. The molecule has 0 aliphatic carbocycles. The Morgan fingerprint density at radius 1 is 0.222 bits per heavy atom. The van der Waals surface area contributed by atoms with Crippen molar-refractivity contribution in [1.29, 1.82) is 0 Å². The van der Waals surface area contributed by atoms with E-state index in [4.69, 9.17) is 4.98 Å². The van der Waals surface area contributed by atoms with Crippen molar-refractivity contribution < 1.29 is 26.3 Å². The van der Waals surface area contributed by atoms with Gasteiger partial charge < -0.3 is 13.7 Å². The SMILES string of the molecule is FC(F)(F)C(c1ccc(-c2cc(-c3ccccc3)nc(-c3ccccc3)c2)cc1)(c1ccc(-n2c3ccc(-c4ccc5c(c4)c4ccccc4n5-c4ccccc4)cc3c3cc(-c4ccc5c(c4)c4ccccc4n5-c4ccccc4)ccc32)cc1)C(F)(F)F. The van der Waals surface area contributed by atoms with Crippen LogP contribution >= 0.6 is 0 Å². The highest BCUT2D eigenvalue weighted by atomic mass is 19.4. The van der Waals surface area contributed by atoms with Gasteiger partial charge >= 0.3 is 12.4 Å². The summed E-state index contributed by atoms with van der Waals surface area (Å²) in [6.45, 7) is 0. The fourth-order valence-corrected chi connectivity index (χ4v) is 13.6. The van der Waals surface area contributed by atoms with E-state index in [9.17, 15) is 0 Å². The van der Waals surface area contributed by atoms with E-state index >= 15 is 26.3 Å². The number of hydrogen-bond acceptors (Lipinski definition) is 1. The fraction of sp³-hybridized carbons (Fsp3) is 0.0375. The van der Waals surface area contributed by atoms with Gasteiger partial charge in [-0.25, -0.2) is 4.98 Å². The lowest BCUT2D eigenvalue weighted by Gasteiger charge is -2.38. The molecule has 432 valence electrons. The summed E-state index contributed by atoms with van der Waals surface area (Å²) < 4.78 is 103. The lowest BCUT2D eigenvalue weighted by Crippen LogP contribution is -2.54. The number of pyridine rings is 1. The van der Waals surface area contributed by atoms with Crippen LogP contribution in [-0.2, 0) is 5.41 Å². The van der Waals surface area contributed by atoms with Gasteiger partial charge in [0.25, 0.3) is 0 Å². The molecule has 4 heterocycles. The molecule has 4 nitrogen and oxygen atoms in total. The van der Waals surface area contributed by atoms with Crippen molar-refractivity contribution in [2.45, 2.75) is 17.8 Å². The molecule has 10 heteroatoms. The number of rotatable bonds is 10. The summed E-state index contributed by atoms with van der Waals surface area (Å²) in [5.41, 5.74) is 9.48. The Bertz CT molecular complexity index is 5130. The van der Waals surface area contributed by atoms with E-state index in [1.54, 1.807) is 12.1 Å². The van der Waals surface area contributed by atoms with Gasteiger partial charge in [0.2, 0.25) is 5.41 Å². The Kier molecular flexibility index (Phi) is 12.6. The van der Waals surface area contributed by atoms with Crippen molar-refractivity contribution >= 4 is 65.4 Å². The van der Waals surface area contributed by atoms with Crippen LogP contribution in [0, 0.1) is 0 Å². The van der Waals surface area contributed by atoms with Gasteiger partial charge in [-0.15, -0.1) is 0 Å². The van der Waals surface area contributed by atoms with E-state index in [0.29, 0.717) is 28.2 Å². The maximum absolute atomic E-state index is 16.0. The minimum atomic E-state index is -5.81. The van der Waals surface area contributed by atoms with E-state index < -0.39 is 28.9 Å². The quantitative estimate of drug-likeness (QED) is 0.125. The molecule has 16 rings (SSSR count). The average Bonchev–Trinajstić information content (AvgIpc) is 0.799. The van der Waals surface area contributed by atoms with Crippen molar-refractivity contribution in [3.63, 3.8) is 0 Å². The van der Waals surface area contributed by atoms with E-state index in [0.717, 1.165) is 134 Å². The standard InChI is InChI=1S/C80H50F6N4/c81-79(82,83)78(80(84,85)86,59-35-29-51(30-36-59)58-49-70(52-17-5-1-6-18-52)87-71(50-58)53-19-7-2-8-20-53)60-37-39-63(40-38-60)90-76-43-33-56(54-31-41-74-66(45-54)64-25-13-15-27-72(64)88(74)61-21-9-3-10-22-61)47-68(76)69-48-57(34-44-77(69)90)55-32-42-75-67(46-55)65-26-14-16-28-73(65)89(75)62-23-11-4-12-24-62/h1-50H. The number of aromatic nitrogens is 4. The molecule has 4 aromatic heterocycles. The van der Waals surface area contributed by atoms with Crippen LogP contribution in [0.15, 0.2) is 303 Å². The molecule has 0 saturated carbocycles. The predicted octanol–water partition coefficient (Wildman–Crippen LogP) is 22.1. The van der Waals surface area contributed by atoms with E-state index in [2.05, 4.69) is 106 Å². The second-order valence-electron chi connectivity index (χ2n) is 22.9. The Labute approximate surface area is 513 Å². The summed E-state index contributed by atoms with van der Waals surface area (Å²) in [4.78, 5) is 4.90. The van der Waals surface area contributed by atoms with Crippen molar-refractivity contribution in [3.8, 4) is 73.0 Å². The van der Waals surface area contributed by atoms with E-state index in [-0.39, 0.29) is 0 Å². The smallest absolute Gasteiger partial charge is 0.309 e. The first-order valence-corrected chi connectivity index (χ1v) is 29.6. The topological polar surface area (TPSA) is 27.7 Å².